The fourth-order valence-electron chi connectivity index (χ4n) is 2.85. The van der Waals surface area contributed by atoms with Crippen LogP contribution >= 0.6 is 0 Å². The molecular formula is C12H22N2. The molecule has 1 saturated carbocycles. The van der Waals surface area contributed by atoms with E-state index in [1.807, 2.05) is 0 Å². The molecule has 1 aliphatic carbocycles. The molecule has 0 aromatic heterocycles. The number of nitrogens with zero attached hydrogens (tertiary/aromatic N) is 1. The van der Waals surface area contributed by atoms with E-state index in [1.54, 1.807) is 0 Å². The zero-order chi connectivity index (χ0) is 10.0. The van der Waals surface area contributed by atoms with Crippen LogP contribution in [-0.2, 0) is 0 Å². The van der Waals surface area contributed by atoms with Gasteiger partial charge in [0.15, 0.2) is 0 Å². The Labute approximate surface area is 87.4 Å². The molecule has 1 fully saturated rings. The topological polar surface area (TPSA) is 15.3 Å². The van der Waals surface area contributed by atoms with Gasteiger partial charge in [-0.15, -0.1) is 0 Å². The van der Waals surface area contributed by atoms with Gasteiger partial charge in [0.25, 0.3) is 0 Å². The van der Waals surface area contributed by atoms with E-state index in [1.165, 1.54) is 32.1 Å². The Bertz CT molecular complexity index is 216. The molecule has 14 heavy (non-hydrogen) atoms. The molecule has 2 nitrogen and oxygen atoms in total. The number of nitrogens with one attached hydrogen (secondary N) is 1. The summed E-state index contributed by atoms with van der Waals surface area (Å²) in [4.78, 5) is 2.52. The average molecular weight is 194 g/mol. The molecule has 1 unspecified atom stereocenters. The smallest absolute Gasteiger partial charge is 0.0769 e. The van der Waals surface area contributed by atoms with Crippen molar-refractivity contribution in [2.75, 3.05) is 6.54 Å². The van der Waals surface area contributed by atoms with Crippen LogP contribution < -0.4 is 5.32 Å². The van der Waals surface area contributed by atoms with Crippen LogP contribution in [0.4, 0.5) is 0 Å². The standard InChI is InChI=1S/C12H22N2/c1-11-13-9-6-10-14(11)12(2)7-4-3-5-8-12/h6,10-11,13H,3-5,7-9H2,1-2H3. The fourth-order valence-corrected chi connectivity index (χ4v) is 2.85. The molecule has 0 amide bonds. The largest absolute Gasteiger partial charge is 0.357 e. The van der Waals surface area contributed by atoms with Crippen molar-refractivity contribution in [2.24, 2.45) is 0 Å². The Hall–Kier alpha value is -0.500. The molecule has 2 heteroatoms. The minimum absolute atomic E-state index is 0.404. The summed E-state index contributed by atoms with van der Waals surface area (Å²) in [6.45, 7) is 5.71. The third kappa shape index (κ3) is 1.81. The number of rotatable bonds is 1. The highest BCUT2D eigenvalue weighted by Crippen LogP contribution is 2.34. The lowest BCUT2D eigenvalue weighted by Gasteiger charge is -2.48. The highest BCUT2D eigenvalue weighted by atomic mass is 15.3. The van der Waals surface area contributed by atoms with E-state index >= 15 is 0 Å². The van der Waals surface area contributed by atoms with E-state index in [0.717, 1.165) is 6.54 Å². The molecule has 1 atom stereocenters. The first-order valence-corrected chi connectivity index (χ1v) is 5.91. The van der Waals surface area contributed by atoms with Gasteiger partial charge in [-0.1, -0.05) is 25.3 Å². The van der Waals surface area contributed by atoms with Gasteiger partial charge in [-0.25, -0.2) is 0 Å². The predicted molar refractivity (Wildman–Crippen MR) is 59.9 cm³/mol. The SMILES string of the molecule is CC1NCC=CN1C1(C)CCCCC1. The lowest BCUT2D eigenvalue weighted by atomic mass is 9.81. The van der Waals surface area contributed by atoms with E-state index in [4.69, 9.17) is 0 Å². The fraction of sp³-hybridized carbons (Fsp3) is 0.833. The molecule has 0 bridgehead atoms. The molecular weight excluding hydrogens is 172 g/mol. The molecule has 0 saturated heterocycles. The van der Waals surface area contributed by atoms with E-state index < -0.39 is 0 Å². The third-order valence-corrected chi connectivity index (χ3v) is 3.77. The van der Waals surface area contributed by atoms with Crippen LogP contribution in [0, 0.1) is 0 Å². The van der Waals surface area contributed by atoms with Crippen molar-refractivity contribution in [1.82, 2.24) is 10.2 Å². The maximum absolute atomic E-state index is 3.49. The molecule has 2 rings (SSSR count). The van der Waals surface area contributed by atoms with Crippen molar-refractivity contribution in [3.8, 4) is 0 Å². The van der Waals surface area contributed by atoms with Gasteiger partial charge in [-0.2, -0.15) is 0 Å². The van der Waals surface area contributed by atoms with Crippen molar-refractivity contribution in [2.45, 2.75) is 57.7 Å². The van der Waals surface area contributed by atoms with Crippen molar-refractivity contribution < 1.29 is 0 Å². The monoisotopic (exact) mass is 194 g/mol. The Balaban J connectivity index is 2.10. The van der Waals surface area contributed by atoms with Crippen LogP contribution in [-0.4, -0.2) is 23.1 Å². The van der Waals surface area contributed by atoms with Crippen molar-refractivity contribution in [3.63, 3.8) is 0 Å². The van der Waals surface area contributed by atoms with Crippen LogP contribution in [0.25, 0.3) is 0 Å². The van der Waals surface area contributed by atoms with Crippen LogP contribution in [0.2, 0.25) is 0 Å². The minimum Gasteiger partial charge on any atom is -0.357 e. The van der Waals surface area contributed by atoms with E-state index in [9.17, 15) is 0 Å². The van der Waals surface area contributed by atoms with Gasteiger partial charge in [0.05, 0.1) is 6.17 Å². The maximum Gasteiger partial charge on any atom is 0.0769 e. The summed E-state index contributed by atoms with van der Waals surface area (Å²) in [5.41, 5.74) is 0.404. The van der Waals surface area contributed by atoms with E-state index in [-0.39, 0.29) is 0 Å². The Morgan fingerprint density at radius 3 is 2.64 bits per heavy atom. The summed E-state index contributed by atoms with van der Waals surface area (Å²) >= 11 is 0. The molecule has 1 N–H and O–H groups in total. The zero-order valence-corrected chi connectivity index (χ0v) is 9.42. The molecule has 0 radical (unpaired) electrons. The lowest BCUT2D eigenvalue weighted by Crippen LogP contribution is -2.55. The molecule has 1 heterocycles. The van der Waals surface area contributed by atoms with Gasteiger partial charge in [0, 0.05) is 12.1 Å². The van der Waals surface area contributed by atoms with Gasteiger partial charge >= 0.3 is 0 Å². The van der Waals surface area contributed by atoms with Crippen LogP contribution in [0.3, 0.4) is 0 Å². The van der Waals surface area contributed by atoms with Gasteiger partial charge in [0.2, 0.25) is 0 Å². The second-order valence-electron chi connectivity index (χ2n) is 4.93. The summed E-state index contributed by atoms with van der Waals surface area (Å²) in [5.74, 6) is 0. The molecule has 0 spiro atoms. The molecule has 80 valence electrons. The van der Waals surface area contributed by atoms with Crippen molar-refractivity contribution in [3.05, 3.63) is 12.3 Å². The van der Waals surface area contributed by atoms with Gasteiger partial charge < -0.3 is 4.90 Å². The molecule has 0 aromatic rings. The normalized spacial score (nSPS) is 31.9. The van der Waals surface area contributed by atoms with Crippen molar-refractivity contribution in [1.29, 1.82) is 0 Å². The lowest BCUT2D eigenvalue weighted by molar-refractivity contribution is 0.0619. The quantitative estimate of drug-likeness (QED) is 0.690. The molecule has 0 aromatic carbocycles. The highest BCUT2D eigenvalue weighted by molar-refractivity contribution is 5.01. The summed E-state index contributed by atoms with van der Waals surface area (Å²) in [6, 6.07) is 0. The summed E-state index contributed by atoms with van der Waals surface area (Å²) in [7, 11) is 0. The second kappa shape index (κ2) is 3.93. The molecule has 1 aliphatic heterocycles. The first kappa shape index (κ1) is 10.0. The minimum atomic E-state index is 0.404. The van der Waals surface area contributed by atoms with Gasteiger partial charge in [-0.3, -0.25) is 5.32 Å². The number of hydrogen-bond donors (Lipinski definition) is 1. The highest BCUT2D eigenvalue weighted by Gasteiger charge is 2.34. The zero-order valence-electron chi connectivity index (χ0n) is 9.42. The van der Waals surface area contributed by atoms with Crippen LogP contribution in [0.5, 0.6) is 0 Å². The van der Waals surface area contributed by atoms with Gasteiger partial charge in [0.1, 0.15) is 0 Å². The maximum atomic E-state index is 3.49. The van der Waals surface area contributed by atoms with E-state index in [0.29, 0.717) is 11.7 Å². The third-order valence-electron chi connectivity index (χ3n) is 3.77. The average Bonchev–Trinajstić information content (AvgIpc) is 2.19. The predicted octanol–water partition coefficient (Wildman–Crippen LogP) is 2.47. The first-order valence-electron chi connectivity index (χ1n) is 5.91. The number of hydrogen-bond acceptors (Lipinski definition) is 2. The van der Waals surface area contributed by atoms with Gasteiger partial charge in [-0.05, 0) is 32.9 Å². The van der Waals surface area contributed by atoms with Crippen LogP contribution in [0.1, 0.15) is 46.0 Å². The molecule has 2 aliphatic rings. The Morgan fingerprint density at radius 1 is 1.29 bits per heavy atom. The second-order valence-corrected chi connectivity index (χ2v) is 4.93. The Morgan fingerprint density at radius 2 is 2.00 bits per heavy atom. The summed E-state index contributed by atoms with van der Waals surface area (Å²) in [5, 5.41) is 3.49. The Kier molecular flexibility index (Phi) is 2.82. The van der Waals surface area contributed by atoms with Crippen LogP contribution in [0.15, 0.2) is 12.3 Å². The van der Waals surface area contributed by atoms with E-state index in [2.05, 4.69) is 36.3 Å². The van der Waals surface area contributed by atoms with Crippen molar-refractivity contribution >= 4 is 0 Å². The summed E-state index contributed by atoms with van der Waals surface area (Å²) in [6.07, 6.45) is 12.0. The summed E-state index contributed by atoms with van der Waals surface area (Å²) < 4.78 is 0. The first-order chi connectivity index (χ1) is 6.72.